The van der Waals surface area contributed by atoms with Gasteiger partial charge in [0.2, 0.25) is 0 Å². The van der Waals surface area contributed by atoms with Crippen LogP contribution in [0.4, 0.5) is 0 Å². The van der Waals surface area contributed by atoms with Gasteiger partial charge in [-0.2, -0.15) is 0 Å². The zero-order valence-corrected chi connectivity index (χ0v) is 19.3. The summed E-state index contributed by atoms with van der Waals surface area (Å²) in [6.07, 6.45) is 5.03. The Morgan fingerprint density at radius 1 is 0.750 bits per heavy atom. The highest BCUT2D eigenvalue weighted by Gasteiger charge is 2.33. The molecule has 0 heterocycles. The maximum Gasteiger partial charge on any atom is 0.123 e. The third-order valence-electron chi connectivity index (χ3n) is 5.20. The van der Waals surface area contributed by atoms with Crippen molar-refractivity contribution in [3.63, 3.8) is 0 Å². The van der Waals surface area contributed by atoms with Gasteiger partial charge in [-0.3, -0.25) is 0 Å². The van der Waals surface area contributed by atoms with E-state index >= 15 is 0 Å². The van der Waals surface area contributed by atoms with Crippen LogP contribution in [0.15, 0.2) is 42.5 Å². The lowest BCUT2D eigenvalue weighted by Crippen LogP contribution is -2.25. The fourth-order valence-electron chi connectivity index (χ4n) is 3.81. The first-order chi connectivity index (χ1) is 12.7. The van der Waals surface area contributed by atoms with E-state index in [4.69, 9.17) is 0 Å². The minimum Gasteiger partial charge on any atom is -0.507 e. The maximum absolute atomic E-state index is 11.5. The van der Waals surface area contributed by atoms with E-state index in [-0.39, 0.29) is 16.2 Å². The van der Waals surface area contributed by atoms with Crippen LogP contribution in [-0.4, -0.2) is 5.11 Å². The van der Waals surface area contributed by atoms with Crippen molar-refractivity contribution in [3.05, 3.63) is 70.3 Å². The molecule has 0 amide bonds. The summed E-state index contributed by atoms with van der Waals surface area (Å²) < 4.78 is 0. The molecule has 0 aliphatic rings. The number of aromatic hydroxyl groups is 1. The zero-order valence-electron chi connectivity index (χ0n) is 19.3. The molecule has 2 rings (SSSR count). The van der Waals surface area contributed by atoms with Gasteiger partial charge in [0.1, 0.15) is 5.75 Å². The second kappa shape index (κ2) is 7.78. The van der Waals surface area contributed by atoms with Crippen molar-refractivity contribution in [3.8, 4) is 5.75 Å². The minimum atomic E-state index is -0.124. The molecule has 2 aromatic carbocycles. The first-order valence-electron chi connectivity index (χ1n) is 10.3. The molecule has 2 aromatic rings. The number of benzene rings is 2. The van der Waals surface area contributed by atoms with Crippen LogP contribution < -0.4 is 0 Å². The van der Waals surface area contributed by atoms with Gasteiger partial charge >= 0.3 is 0 Å². The third-order valence-corrected chi connectivity index (χ3v) is 5.20. The van der Waals surface area contributed by atoms with Crippen LogP contribution in [0.3, 0.4) is 0 Å². The summed E-state index contributed by atoms with van der Waals surface area (Å²) in [5, 5.41) is 11.5. The lowest BCUT2D eigenvalue weighted by molar-refractivity contribution is 0.425. The molecule has 0 aliphatic heterocycles. The number of phenolic OH excluding ortho intramolecular Hbond substituents is 1. The molecule has 0 spiro atoms. The summed E-state index contributed by atoms with van der Waals surface area (Å²) in [5.74, 6) is 0.475. The molecule has 0 saturated carbocycles. The lowest BCUT2D eigenvalue weighted by atomic mass is 9.70. The van der Waals surface area contributed by atoms with Crippen LogP contribution in [0.2, 0.25) is 0 Å². The second-order valence-electron chi connectivity index (χ2n) is 10.9. The highest BCUT2D eigenvalue weighted by molar-refractivity contribution is 5.58. The predicted octanol–water partition coefficient (Wildman–Crippen LogP) is 7.54. The molecule has 0 fully saturated rings. The fraction of sp³-hybridized carbons (Fsp3) is 0.481. The molecule has 1 N–H and O–H groups in total. The van der Waals surface area contributed by atoms with Gasteiger partial charge in [-0.15, -0.1) is 0 Å². The largest absolute Gasteiger partial charge is 0.507 e. The van der Waals surface area contributed by atoms with Crippen LogP contribution in [0.25, 0.3) is 6.08 Å². The van der Waals surface area contributed by atoms with Gasteiger partial charge in [-0.1, -0.05) is 111 Å². The third kappa shape index (κ3) is 5.07. The molecule has 1 heteroatoms. The highest BCUT2D eigenvalue weighted by Crippen LogP contribution is 2.45. The smallest absolute Gasteiger partial charge is 0.123 e. The monoisotopic (exact) mass is 378 g/mol. The van der Waals surface area contributed by atoms with E-state index in [1.54, 1.807) is 0 Å². The van der Waals surface area contributed by atoms with Crippen molar-refractivity contribution < 1.29 is 5.11 Å². The fourth-order valence-corrected chi connectivity index (χ4v) is 3.81. The standard InChI is InChI=1S/C27H38O/c1-25(2,3)21-18-22(26(4,5)6)23(27(7,8)9)24(28)20(21)17-13-16-19-14-11-10-12-15-19/h10-16,18,28H,17H2,1-9H3. The predicted molar refractivity (Wildman–Crippen MR) is 123 cm³/mol. The first-order valence-corrected chi connectivity index (χ1v) is 10.3. The van der Waals surface area contributed by atoms with Gasteiger partial charge in [-0.05, 0) is 39.4 Å². The molecule has 28 heavy (non-hydrogen) atoms. The van der Waals surface area contributed by atoms with Crippen molar-refractivity contribution in [2.24, 2.45) is 0 Å². The van der Waals surface area contributed by atoms with Gasteiger partial charge in [0.15, 0.2) is 0 Å². The van der Waals surface area contributed by atoms with Gasteiger partial charge in [0.25, 0.3) is 0 Å². The van der Waals surface area contributed by atoms with Crippen LogP contribution in [-0.2, 0) is 22.7 Å². The molecular weight excluding hydrogens is 340 g/mol. The Kier molecular flexibility index (Phi) is 6.19. The van der Waals surface area contributed by atoms with Gasteiger partial charge in [0, 0.05) is 11.1 Å². The molecule has 0 bridgehead atoms. The van der Waals surface area contributed by atoms with Crippen molar-refractivity contribution in [1.29, 1.82) is 0 Å². The number of phenols is 1. The topological polar surface area (TPSA) is 20.2 Å². The maximum atomic E-state index is 11.5. The average molecular weight is 379 g/mol. The lowest BCUT2D eigenvalue weighted by Gasteiger charge is -2.35. The minimum absolute atomic E-state index is 0.0293. The van der Waals surface area contributed by atoms with Crippen LogP contribution in [0.5, 0.6) is 5.75 Å². The zero-order chi connectivity index (χ0) is 21.3. The molecule has 152 valence electrons. The van der Waals surface area contributed by atoms with Gasteiger partial charge < -0.3 is 5.11 Å². The molecule has 0 radical (unpaired) electrons. The molecule has 0 atom stereocenters. The number of hydrogen-bond donors (Lipinski definition) is 1. The van der Waals surface area contributed by atoms with E-state index in [0.29, 0.717) is 5.75 Å². The number of hydrogen-bond acceptors (Lipinski definition) is 1. The molecule has 0 saturated heterocycles. The molecule has 1 nitrogen and oxygen atoms in total. The van der Waals surface area contributed by atoms with E-state index in [0.717, 1.165) is 17.5 Å². The number of allylic oxidation sites excluding steroid dienone is 1. The molecule has 0 aromatic heterocycles. The normalized spacial score (nSPS) is 13.3. The van der Waals surface area contributed by atoms with E-state index in [9.17, 15) is 5.11 Å². The Hall–Kier alpha value is -2.02. The SMILES string of the molecule is CC(C)(C)c1cc(C(C)(C)C)c(C(C)(C)C)c(O)c1CC=Cc1ccccc1. The van der Waals surface area contributed by atoms with Crippen molar-refractivity contribution in [1.82, 2.24) is 0 Å². The van der Waals surface area contributed by atoms with Gasteiger partial charge in [-0.25, -0.2) is 0 Å². The van der Waals surface area contributed by atoms with Crippen molar-refractivity contribution in [2.75, 3.05) is 0 Å². The van der Waals surface area contributed by atoms with E-state index < -0.39 is 0 Å². The summed E-state index contributed by atoms with van der Waals surface area (Å²) in [6.45, 7) is 20.0. The Morgan fingerprint density at radius 3 is 1.75 bits per heavy atom. The first kappa shape index (κ1) is 22.3. The van der Waals surface area contributed by atoms with Crippen LogP contribution >= 0.6 is 0 Å². The average Bonchev–Trinajstić information content (AvgIpc) is 2.53. The van der Waals surface area contributed by atoms with E-state index in [1.165, 1.54) is 16.7 Å². The number of rotatable bonds is 3. The summed E-state index contributed by atoms with van der Waals surface area (Å²) in [7, 11) is 0. The Morgan fingerprint density at radius 2 is 1.29 bits per heavy atom. The summed E-state index contributed by atoms with van der Waals surface area (Å²) in [4.78, 5) is 0. The summed E-state index contributed by atoms with van der Waals surface area (Å²) >= 11 is 0. The van der Waals surface area contributed by atoms with Crippen molar-refractivity contribution in [2.45, 2.75) is 85.0 Å². The molecular formula is C27H38O. The Bertz CT molecular complexity index is 835. The highest BCUT2D eigenvalue weighted by atomic mass is 16.3. The van der Waals surface area contributed by atoms with Crippen LogP contribution in [0.1, 0.15) is 90.1 Å². The Labute approximate surface area is 172 Å². The van der Waals surface area contributed by atoms with E-state index in [1.807, 2.05) is 18.2 Å². The summed E-state index contributed by atoms with van der Waals surface area (Å²) in [6, 6.07) is 12.7. The van der Waals surface area contributed by atoms with Crippen molar-refractivity contribution >= 4 is 6.08 Å². The Balaban J connectivity index is 2.67. The van der Waals surface area contributed by atoms with Gasteiger partial charge in [0.05, 0.1) is 0 Å². The molecule has 0 aliphatic carbocycles. The second-order valence-corrected chi connectivity index (χ2v) is 10.9. The van der Waals surface area contributed by atoms with Crippen LogP contribution in [0, 0.1) is 0 Å². The quantitative estimate of drug-likeness (QED) is 0.585. The van der Waals surface area contributed by atoms with E-state index in [2.05, 4.69) is 92.7 Å². The summed E-state index contributed by atoms with van der Waals surface area (Å²) in [5.41, 5.74) is 5.61. The molecule has 0 unspecified atom stereocenters.